The molecular weight excluding hydrogens is 270 g/mol. The molecule has 1 aromatic carbocycles. The van der Waals surface area contributed by atoms with Gasteiger partial charge in [-0.2, -0.15) is 0 Å². The summed E-state index contributed by atoms with van der Waals surface area (Å²) < 4.78 is 2.03. The maximum absolute atomic E-state index is 4.24. The summed E-state index contributed by atoms with van der Waals surface area (Å²) in [5.74, 6) is 1.02. The van der Waals surface area contributed by atoms with E-state index in [1.807, 2.05) is 4.68 Å². The van der Waals surface area contributed by atoms with E-state index in [0.717, 1.165) is 23.8 Å². The molecule has 106 valence electrons. The van der Waals surface area contributed by atoms with Crippen molar-refractivity contribution in [1.29, 1.82) is 0 Å². The summed E-state index contributed by atoms with van der Waals surface area (Å²) in [6, 6.07) is 8.62. The molecule has 1 atom stereocenters. The number of benzene rings is 1. The van der Waals surface area contributed by atoms with Gasteiger partial charge in [0.1, 0.15) is 5.37 Å². The van der Waals surface area contributed by atoms with Crippen LogP contribution in [0.25, 0.3) is 0 Å². The fraction of sp³-hybridized carbons (Fsp3) is 0.429. The van der Waals surface area contributed by atoms with Crippen LogP contribution in [0.5, 0.6) is 0 Å². The normalized spacial score (nSPS) is 16.9. The maximum atomic E-state index is 4.24. The van der Waals surface area contributed by atoms with Gasteiger partial charge in [0.2, 0.25) is 5.16 Å². The predicted octanol–water partition coefficient (Wildman–Crippen LogP) is 2.64. The van der Waals surface area contributed by atoms with Crippen LogP contribution in [-0.4, -0.2) is 29.0 Å². The van der Waals surface area contributed by atoms with E-state index in [9.17, 15) is 0 Å². The monoisotopic (exact) mass is 289 g/mol. The van der Waals surface area contributed by atoms with Gasteiger partial charge in [0, 0.05) is 26.2 Å². The lowest BCUT2D eigenvalue weighted by molar-refractivity contribution is 0.714. The van der Waals surface area contributed by atoms with Gasteiger partial charge in [-0.05, 0) is 24.1 Å². The second kappa shape index (κ2) is 5.36. The molecular formula is C14H19N5S. The van der Waals surface area contributed by atoms with Gasteiger partial charge in [-0.1, -0.05) is 30.8 Å². The predicted molar refractivity (Wildman–Crippen MR) is 82.7 cm³/mol. The molecule has 0 amide bonds. The van der Waals surface area contributed by atoms with Gasteiger partial charge in [-0.3, -0.25) is 0 Å². The molecule has 20 heavy (non-hydrogen) atoms. The first kappa shape index (κ1) is 13.3. The quantitative estimate of drug-likeness (QED) is 0.937. The highest BCUT2D eigenvalue weighted by Crippen LogP contribution is 2.38. The van der Waals surface area contributed by atoms with Crippen molar-refractivity contribution in [3.05, 3.63) is 35.7 Å². The minimum absolute atomic E-state index is 0.215. The molecule has 5 nitrogen and oxygen atoms in total. The number of nitrogens with zero attached hydrogens (tertiary/aromatic N) is 4. The Morgan fingerprint density at radius 2 is 2.00 bits per heavy atom. The molecule has 6 heteroatoms. The van der Waals surface area contributed by atoms with Crippen LogP contribution in [0.1, 0.15) is 30.1 Å². The lowest BCUT2D eigenvalue weighted by Gasteiger charge is -2.15. The van der Waals surface area contributed by atoms with Crippen LogP contribution in [0, 0.1) is 0 Å². The maximum Gasteiger partial charge on any atom is 0.212 e. The third-order valence-corrected chi connectivity index (χ3v) is 4.44. The number of aryl methyl sites for hydroxylation is 1. The molecule has 0 fully saturated rings. The molecule has 1 aromatic heterocycles. The molecule has 0 bridgehead atoms. The lowest BCUT2D eigenvalue weighted by atomic mass is 10.2. The molecule has 2 heterocycles. The fourth-order valence-electron chi connectivity index (χ4n) is 2.23. The molecule has 1 N–H and O–H groups in total. The Kier molecular flexibility index (Phi) is 3.56. The fourth-order valence-corrected chi connectivity index (χ4v) is 3.24. The Labute approximate surface area is 123 Å². The van der Waals surface area contributed by atoms with Crippen LogP contribution >= 0.6 is 11.8 Å². The van der Waals surface area contributed by atoms with Gasteiger partial charge >= 0.3 is 0 Å². The number of hydrogen-bond acceptors (Lipinski definition) is 5. The van der Waals surface area contributed by atoms with Crippen LogP contribution in [-0.2, 0) is 6.42 Å². The van der Waals surface area contributed by atoms with Crippen molar-refractivity contribution in [2.75, 3.05) is 24.4 Å². The van der Waals surface area contributed by atoms with Crippen LogP contribution < -0.4 is 10.3 Å². The first-order valence-corrected chi connectivity index (χ1v) is 7.71. The number of thioether (sulfide) groups is 1. The highest BCUT2D eigenvalue weighted by molar-refractivity contribution is 7.99. The van der Waals surface area contributed by atoms with Crippen molar-refractivity contribution in [3.63, 3.8) is 0 Å². The summed E-state index contributed by atoms with van der Waals surface area (Å²) in [7, 11) is 4.10. The third kappa shape index (κ3) is 2.35. The van der Waals surface area contributed by atoms with Crippen LogP contribution in [0.15, 0.2) is 29.4 Å². The molecule has 0 radical (unpaired) electrons. The summed E-state index contributed by atoms with van der Waals surface area (Å²) in [5.41, 5.74) is 5.94. The smallest absolute Gasteiger partial charge is 0.212 e. The number of nitrogens with one attached hydrogen (secondary N) is 1. The van der Waals surface area contributed by atoms with Crippen molar-refractivity contribution in [1.82, 2.24) is 14.9 Å². The van der Waals surface area contributed by atoms with Crippen LogP contribution in [0.3, 0.4) is 0 Å². The lowest BCUT2D eigenvalue weighted by Crippen LogP contribution is -2.15. The number of rotatable bonds is 4. The summed E-state index contributed by atoms with van der Waals surface area (Å²) in [5, 5.41) is 9.63. The zero-order chi connectivity index (χ0) is 14.1. The molecule has 1 aliphatic heterocycles. The van der Waals surface area contributed by atoms with Gasteiger partial charge in [-0.25, -0.2) is 4.68 Å². The second-order valence-corrected chi connectivity index (χ2v) is 6.17. The van der Waals surface area contributed by atoms with Gasteiger partial charge in [0.25, 0.3) is 0 Å². The van der Waals surface area contributed by atoms with Gasteiger partial charge < -0.3 is 10.3 Å². The Morgan fingerprint density at radius 1 is 1.25 bits per heavy atom. The molecule has 0 saturated heterocycles. The van der Waals surface area contributed by atoms with Gasteiger partial charge in [0.05, 0.1) is 0 Å². The van der Waals surface area contributed by atoms with E-state index >= 15 is 0 Å². The van der Waals surface area contributed by atoms with E-state index < -0.39 is 0 Å². The van der Waals surface area contributed by atoms with Crippen molar-refractivity contribution in [2.24, 2.45) is 0 Å². The third-order valence-electron chi connectivity index (χ3n) is 3.36. The first-order valence-electron chi connectivity index (χ1n) is 6.84. The van der Waals surface area contributed by atoms with E-state index in [0.29, 0.717) is 0 Å². The largest absolute Gasteiger partial charge is 0.378 e. The molecule has 2 aromatic rings. The summed E-state index contributed by atoms with van der Waals surface area (Å²) in [6.45, 7) is 2.15. The minimum atomic E-state index is 0.215. The highest BCUT2D eigenvalue weighted by atomic mass is 32.2. The van der Waals surface area contributed by atoms with E-state index in [-0.39, 0.29) is 5.37 Å². The number of aromatic nitrogens is 3. The SMILES string of the molecule is CCCc1nnc2n1N[C@@H](c1ccc(N(C)C)cc1)S2. The van der Waals surface area contributed by atoms with Crippen molar-refractivity contribution in [3.8, 4) is 0 Å². The first-order chi connectivity index (χ1) is 9.69. The number of hydrogen-bond donors (Lipinski definition) is 1. The van der Waals surface area contributed by atoms with Crippen LogP contribution in [0.2, 0.25) is 0 Å². The molecule has 0 saturated carbocycles. The average Bonchev–Trinajstić information content (AvgIpc) is 3.01. The molecule has 0 aliphatic carbocycles. The average molecular weight is 289 g/mol. The minimum Gasteiger partial charge on any atom is -0.378 e. The summed E-state index contributed by atoms with van der Waals surface area (Å²) in [4.78, 5) is 2.10. The van der Waals surface area contributed by atoms with E-state index in [1.54, 1.807) is 11.8 Å². The van der Waals surface area contributed by atoms with Crippen LogP contribution in [0.4, 0.5) is 5.69 Å². The molecule has 3 rings (SSSR count). The Balaban J connectivity index is 1.77. The van der Waals surface area contributed by atoms with E-state index in [2.05, 4.69) is 65.8 Å². The van der Waals surface area contributed by atoms with Crippen molar-refractivity contribution >= 4 is 17.4 Å². The van der Waals surface area contributed by atoms with E-state index in [4.69, 9.17) is 0 Å². The van der Waals surface area contributed by atoms with Crippen molar-refractivity contribution in [2.45, 2.75) is 30.3 Å². The number of fused-ring (bicyclic) bond motifs is 1. The molecule has 1 aliphatic rings. The Morgan fingerprint density at radius 3 is 2.65 bits per heavy atom. The summed E-state index contributed by atoms with van der Waals surface area (Å²) in [6.07, 6.45) is 2.03. The zero-order valence-electron chi connectivity index (χ0n) is 12.0. The second-order valence-electron chi connectivity index (χ2n) is 5.10. The van der Waals surface area contributed by atoms with Gasteiger partial charge in [-0.15, -0.1) is 10.2 Å². The standard InChI is InChI=1S/C14H19N5S/c1-4-5-12-15-16-14-19(12)17-13(20-14)10-6-8-11(9-7-10)18(2)3/h6-9,13,17H,4-5H2,1-3H3/t13-/m1/s1. The molecule has 0 unspecified atom stereocenters. The van der Waals surface area contributed by atoms with Gasteiger partial charge in [0.15, 0.2) is 5.82 Å². The Hall–Kier alpha value is -1.69. The Bertz CT molecular complexity index is 590. The summed E-state index contributed by atoms with van der Waals surface area (Å²) >= 11 is 1.71. The zero-order valence-corrected chi connectivity index (χ0v) is 12.8. The van der Waals surface area contributed by atoms with Crippen molar-refractivity contribution < 1.29 is 0 Å². The highest BCUT2D eigenvalue weighted by Gasteiger charge is 2.27. The number of anilines is 1. The topological polar surface area (TPSA) is 46.0 Å². The molecule has 0 spiro atoms. The van der Waals surface area contributed by atoms with E-state index in [1.165, 1.54) is 11.3 Å².